The highest BCUT2D eigenvalue weighted by atomic mass is 16.5. The Labute approximate surface area is 166 Å². The summed E-state index contributed by atoms with van der Waals surface area (Å²) in [5.41, 5.74) is 1.56. The number of hydrogen-bond acceptors (Lipinski definition) is 4. The summed E-state index contributed by atoms with van der Waals surface area (Å²) in [5, 5.41) is 16.9. The number of ether oxygens (including phenoxy) is 2. The van der Waals surface area contributed by atoms with Crippen molar-refractivity contribution in [3.63, 3.8) is 0 Å². The van der Waals surface area contributed by atoms with E-state index in [4.69, 9.17) is 9.47 Å². The Morgan fingerprint density at radius 1 is 1.29 bits per heavy atom. The second kappa shape index (κ2) is 8.42. The highest BCUT2D eigenvalue weighted by Crippen LogP contribution is 2.39. The molecule has 0 aliphatic carbocycles. The van der Waals surface area contributed by atoms with E-state index in [0.29, 0.717) is 23.8 Å². The van der Waals surface area contributed by atoms with Crippen molar-refractivity contribution in [2.45, 2.75) is 45.4 Å². The van der Waals surface area contributed by atoms with E-state index in [9.17, 15) is 5.11 Å². The zero-order valence-corrected chi connectivity index (χ0v) is 17.0. The van der Waals surface area contributed by atoms with Gasteiger partial charge in [-0.15, -0.1) is 0 Å². The van der Waals surface area contributed by atoms with Crippen molar-refractivity contribution in [2.75, 3.05) is 13.7 Å². The number of nitrogens with zero attached hydrogens (tertiary/aromatic N) is 1. The van der Waals surface area contributed by atoms with Crippen molar-refractivity contribution in [2.24, 2.45) is 4.99 Å². The monoisotopic (exact) mass is 383 g/mol. The quantitative estimate of drug-likeness (QED) is 0.541. The Balaban J connectivity index is 1.82. The Morgan fingerprint density at radius 2 is 2.07 bits per heavy atom. The lowest BCUT2D eigenvalue weighted by atomic mass is 9.90. The number of phenols is 1. The van der Waals surface area contributed by atoms with E-state index in [1.807, 2.05) is 25.1 Å². The summed E-state index contributed by atoms with van der Waals surface area (Å²) in [6.07, 6.45) is 0.818. The van der Waals surface area contributed by atoms with Crippen molar-refractivity contribution < 1.29 is 14.6 Å². The minimum Gasteiger partial charge on any atom is -0.508 e. The maximum atomic E-state index is 10.1. The minimum absolute atomic E-state index is 0.0802. The fraction of sp³-hybridized carbons (Fsp3) is 0.409. The van der Waals surface area contributed by atoms with Crippen LogP contribution in [-0.2, 0) is 6.54 Å². The number of guanidine groups is 1. The van der Waals surface area contributed by atoms with Crippen molar-refractivity contribution in [3.05, 3.63) is 53.6 Å². The minimum atomic E-state index is -0.269. The third-order valence-electron chi connectivity index (χ3n) is 4.73. The van der Waals surface area contributed by atoms with Crippen LogP contribution in [0.5, 0.6) is 17.2 Å². The maximum absolute atomic E-state index is 10.1. The van der Waals surface area contributed by atoms with Gasteiger partial charge in [0.15, 0.2) is 5.96 Å². The largest absolute Gasteiger partial charge is 0.508 e. The average molecular weight is 383 g/mol. The lowest BCUT2D eigenvalue weighted by Crippen LogP contribution is -2.45. The third kappa shape index (κ3) is 4.68. The van der Waals surface area contributed by atoms with Crippen LogP contribution in [0, 0.1) is 0 Å². The lowest BCUT2D eigenvalue weighted by Gasteiger charge is -2.38. The standard InChI is InChI=1S/C22H29N3O3/c1-5-23-21(24-14-15-12-16(27-4)10-11-19(15)26)25-18-13-22(2,3)28-20-9-7-6-8-17(18)20/h6-12,18,26H,5,13-14H2,1-4H3,(H2,23,24,25). The van der Waals surface area contributed by atoms with E-state index in [1.165, 1.54) is 0 Å². The van der Waals surface area contributed by atoms with Gasteiger partial charge in [0.1, 0.15) is 22.8 Å². The highest BCUT2D eigenvalue weighted by Gasteiger charge is 2.33. The molecule has 0 saturated carbocycles. The van der Waals surface area contributed by atoms with Crippen LogP contribution in [0.2, 0.25) is 0 Å². The van der Waals surface area contributed by atoms with Gasteiger partial charge in [-0.1, -0.05) is 18.2 Å². The molecule has 0 aromatic heterocycles. The molecule has 2 aromatic carbocycles. The molecule has 150 valence electrons. The molecule has 1 aliphatic rings. The van der Waals surface area contributed by atoms with Crippen LogP contribution in [0.1, 0.15) is 44.4 Å². The molecular formula is C22H29N3O3. The number of fused-ring (bicyclic) bond motifs is 1. The lowest BCUT2D eigenvalue weighted by molar-refractivity contribution is 0.0694. The molecule has 1 unspecified atom stereocenters. The van der Waals surface area contributed by atoms with Gasteiger partial charge in [0.2, 0.25) is 0 Å². The predicted octanol–water partition coefficient (Wildman–Crippen LogP) is 3.76. The van der Waals surface area contributed by atoms with Crippen LogP contribution in [0.15, 0.2) is 47.5 Å². The van der Waals surface area contributed by atoms with E-state index < -0.39 is 0 Å². The van der Waals surface area contributed by atoms with Crippen molar-refractivity contribution in [3.8, 4) is 17.2 Å². The summed E-state index contributed by atoms with van der Waals surface area (Å²) < 4.78 is 11.4. The number of benzene rings is 2. The van der Waals surface area contributed by atoms with Gasteiger partial charge in [-0.05, 0) is 45.0 Å². The molecule has 3 rings (SSSR count). The Hall–Kier alpha value is -2.89. The highest BCUT2D eigenvalue weighted by molar-refractivity contribution is 5.80. The second-order valence-electron chi connectivity index (χ2n) is 7.49. The third-order valence-corrected chi connectivity index (χ3v) is 4.73. The molecule has 1 atom stereocenters. The summed E-state index contributed by atoms with van der Waals surface area (Å²) in [7, 11) is 1.61. The Morgan fingerprint density at radius 3 is 2.82 bits per heavy atom. The van der Waals surface area contributed by atoms with Gasteiger partial charge in [-0.3, -0.25) is 0 Å². The second-order valence-corrected chi connectivity index (χ2v) is 7.49. The van der Waals surface area contributed by atoms with Gasteiger partial charge in [0.25, 0.3) is 0 Å². The molecule has 6 nitrogen and oxygen atoms in total. The number of hydrogen-bond donors (Lipinski definition) is 3. The van der Waals surface area contributed by atoms with Crippen LogP contribution >= 0.6 is 0 Å². The summed E-state index contributed by atoms with van der Waals surface area (Å²) in [5.74, 6) is 2.50. The number of nitrogens with one attached hydrogen (secondary N) is 2. The summed E-state index contributed by atoms with van der Waals surface area (Å²) in [4.78, 5) is 4.67. The Kier molecular flexibility index (Phi) is 5.97. The van der Waals surface area contributed by atoms with E-state index in [0.717, 1.165) is 24.3 Å². The number of methoxy groups -OCH3 is 1. The van der Waals surface area contributed by atoms with Crippen LogP contribution < -0.4 is 20.1 Å². The molecular weight excluding hydrogens is 354 g/mol. The van der Waals surface area contributed by atoms with Crippen molar-refractivity contribution in [1.82, 2.24) is 10.6 Å². The van der Waals surface area contributed by atoms with Gasteiger partial charge in [-0.25, -0.2) is 4.99 Å². The number of para-hydroxylation sites is 1. The fourth-order valence-corrected chi connectivity index (χ4v) is 3.40. The van der Waals surface area contributed by atoms with E-state index >= 15 is 0 Å². The number of aliphatic imine (C=N–C) groups is 1. The molecule has 0 amide bonds. The predicted molar refractivity (Wildman–Crippen MR) is 111 cm³/mol. The van der Waals surface area contributed by atoms with Gasteiger partial charge in [0, 0.05) is 24.1 Å². The number of phenolic OH excluding ortho intramolecular Hbond substituents is 1. The van der Waals surface area contributed by atoms with Gasteiger partial charge >= 0.3 is 0 Å². The Bertz CT molecular complexity index is 849. The zero-order chi connectivity index (χ0) is 20.1. The van der Waals surface area contributed by atoms with Gasteiger partial charge < -0.3 is 25.2 Å². The first kappa shape index (κ1) is 19.9. The van der Waals surface area contributed by atoms with Crippen LogP contribution in [0.4, 0.5) is 0 Å². The maximum Gasteiger partial charge on any atom is 0.192 e. The normalized spacial score (nSPS) is 18.0. The van der Waals surface area contributed by atoms with Crippen LogP contribution in [-0.4, -0.2) is 30.3 Å². The van der Waals surface area contributed by atoms with E-state index in [2.05, 4.69) is 35.5 Å². The van der Waals surface area contributed by atoms with Crippen LogP contribution in [0.25, 0.3) is 0 Å². The molecule has 0 fully saturated rings. The van der Waals surface area contributed by atoms with Crippen LogP contribution in [0.3, 0.4) is 0 Å². The fourth-order valence-electron chi connectivity index (χ4n) is 3.40. The SMILES string of the molecule is CCNC(=NCc1cc(OC)ccc1O)NC1CC(C)(C)Oc2ccccc21. The van der Waals surface area contributed by atoms with E-state index in [1.54, 1.807) is 25.3 Å². The molecule has 0 radical (unpaired) electrons. The average Bonchev–Trinajstić information content (AvgIpc) is 2.66. The topological polar surface area (TPSA) is 75.1 Å². The molecule has 6 heteroatoms. The molecule has 2 aromatic rings. The molecule has 1 aliphatic heterocycles. The summed E-state index contributed by atoms with van der Waals surface area (Å²) in [6, 6.07) is 13.3. The van der Waals surface area contributed by atoms with Gasteiger partial charge in [-0.2, -0.15) is 0 Å². The van der Waals surface area contributed by atoms with Crippen molar-refractivity contribution >= 4 is 5.96 Å². The van der Waals surface area contributed by atoms with Gasteiger partial charge in [0.05, 0.1) is 19.7 Å². The molecule has 1 heterocycles. The first-order valence-corrected chi connectivity index (χ1v) is 9.60. The van der Waals surface area contributed by atoms with Crippen molar-refractivity contribution in [1.29, 1.82) is 0 Å². The first-order valence-electron chi connectivity index (χ1n) is 9.60. The number of rotatable bonds is 5. The molecule has 0 bridgehead atoms. The molecule has 3 N–H and O–H groups in total. The summed E-state index contributed by atoms with van der Waals surface area (Å²) >= 11 is 0. The molecule has 0 saturated heterocycles. The first-order chi connectivity index (χ1) is 13.4. The molecule has 28 heavy (non-hydrogen) atoms. The molecule has 0 spiro atoms. The number of aromatic hydroxyl groups is 1. The zero-order valence-electron chi connectivity index (χ0n) is 17.0. The van der Waals surface area contributed by atoms with E-state index in [-0.39, 0.29) is 17.4 Å². The summed E-state index contributed by atoms with van der Waals surface area (Å²) in [6.45, 7) is 7.30. The smallest absolute Gasteiger partial charge is 0.192 e.